The van der Waals surface area contributed by atoms with E-state index in [9.17, 15) is 22.8 Å². The summed E-state index contributed by atoms with van der Waals surface area (Å²) >= 11 is 0. The molecule has 1 N–H and O–H groups in total. The lowest BCUT2D eigenvalue weighted by molar-refractivity contribution is -0.0838. The highest BCUT2D eigenvalue weighted by Crippen LogP contribution is 2.35. The molecule has 6 rings (SSSR count). The molecule has 0 radical (unpaired) electrons. The predicted molar refractivity (Wildman–Crippen MR) is 155 cm³/mol. The molecule has 13 nitrogen and oxygen atoms in total. The van der Waals surface area contributed by atoms with Crippen LogP contribution in [0.15, 0.2) is 101 Å². The highest BCUT2D eigenvalue weighted by molar-refractivity contribution is 7.90. The first-order chi connectivity index (χ1) is 21.3. The Morgan fingerprint density at radius 1 is 0.750 bits per heavy atom. The van der Waals surface area contributed by atoms with Crippen molar-refractivity contribution < 1.29 is 41.7 Å². The summed E-state index contributed by atoms with van der Waals surface area (Å²) in [6.07, 6.45) is -3.79. The second-order valence-corrected chi connectivity index (χ2v) is 11.8. The highest BCUT2D eigenvalue weighted by Gasteiger charge is 2.56. The molecular formula is C30H26N4O9S. The van der Waals surface area contributed by atoms with Crippen molar-refractivity contribution in [1.82, 2.24) is 9.62 Å². The van der Waals surface area contributed by atoms with Gasteiger partial charge in [-0.05, 0) is 36.4 Å². The van der Waals surface area contributed by atoms with Crippen LogP contribution in [0.5, 0.6) is 0 Å². The molecule has 3 aromatic carbocycles. The van der Waals surface area contributed by atoms with Crippen LogP contribution in [0.2, 0.25) is 0 Å². The Morgan fingerprint density at radius 3 is 1.84 bits per heavy atom. The first-order valence-electron chi connectivity index (χ1n) is 13.5. The van der Waals surface area contributed by atoms with Gasteiger partial charge in [-0.15, -0.1) is 0 Å². The summed E-state index contributed by atoms with van der Waals surface area (Å²) in [7, 11) is -3.90. The summed E-state index contributed by atoms with van der Waals surface area (Å²) in [5.41, 5.74) is 0.727. The van der Waals surface area contributed by atoms with E-state index >= 15 is 0 Å². The number of aliphatic imine (C=N–C) groups is 2. The van der Waals surface area contributed by atoms with Crippen molar-refractivity contribution in [3.63, 3.8) is 0 Å². The lowest BCUT2D eigenvalue weighted by atomic mass is 10.1. The first-order valence-corrected chi connectivity index (χ1v) is 15.1. The number of carbonyl (C=O) groups is 3. The van der Waals surface area contributed by atoms with Gasteiger partial charge in [0.25, 0.3) is 10.0 Å². The molecular weight excluding hydrogens is 592 g/mol. The fourth-order valence-corrected chi connectivity index (χ4v) is 6.08. The zero-order valence-corrected chi connectivity index (χ0v) is 23.7. The molecule has 14 heteroatoms. The van der Waals surface area contributed by atoms with Gasteiger partial charge >= 0.3 is 17.9 Å². The second kappa shape index (κ2) is 12.3. The number of benzene rings is 3. The van der Waals surface area contributed by atoms with Gasteiger partial charge in [0.2, 0.25) is 5.37 Å². The van der Waals surface area contributed by atoms with Gasteiger partial charge in [-0.25, -0.2) is 32.8 Å². The molecule has 0 spiro atoms. The fourth-order valence-electron chi connectivity index (χ4n) is 4.99. The van der Waals surface area contributed by atoms with E-state index < -0.39 is 70.6 Å². The monoisotopic (exact) mass is 618 g/mol. The largest absolute Gasteiger partial charge is 0.459 e. The van der Waals surface area contributed by atoms with Crippen LogP contribution in [-0.4, -0.2) is 86.6 Å². The van der Waals surface area contributed by atoms with E-state index in [1.54, 1.807) is 91.0 Å². The van der Waals surface area contributed by atoms with E-state index in [4.69, 9.17) is 18.9 Å². The van der Waals surface area contributed by atoms with Crippen LogP contribution in [0.3, 0.4) is 0 Å². The number of fused-ring (bicyclic) bond motifs is 1. The average molecular weight is 619 g/mol. The summed E-state index contributed by atoms with van der Waals surface area (Å²) < 4.78 is 51.0. The Hall–Kier alpha value is -5.08. The van der Waals surface area contributed by atoms with Gasteiger partial charge in [-0.2, -0.15) is 0 Å². The van der Waals surface area contributed by atoms with Crippen LogP contribution in [0.1, 0.15) is 31.1 Å². The number of hydrogen-bond acceptors (Lipinski definition) is 12. The molecule has 3 aliphatic heterocycles. The van der Waals surface area contributed by atoms with Gasteiger partial charge < -0.3 is 23.8 Å². The van der Waals surface area contributed by atoms with Gasteiger partial charge in [0.05, 0.1) is 29.4 Å². The number of sulfonamides is 1. The molecule has 6 atom stereocenters. The number of rotatable bonds is 8. The molecule has 3 aromatic rings. The molecule has 0 aliphatic carbocycles. The molecule has 0 aromatic heterocycles. The second-order valence-electron chi connectivity index (χ2n) is 9.96. The van der Waals surface area contributed by atoms with Crippen molar-refractivity contribution in [2.24, 2.45) is 9.98 Å². The molecule has 1 fully saturated rings. The van der Waals surface area contributed by atoms with E-state index in [0.717, 1.165) is 6.34 Å². The number of ether oxygens (including phenoxy) is 4. The molecule has 2 unspecified atom stereocenters. The lowest BCUT2D eigenvalue weighted by Gasteiger charge is -2.33. The third-order valence-corrected chi connectivity index (χ3v) is 8.58. The molecule has 0 amide bonds. The van der Waals surface area contributed by atoms with E-state index in [2.05, 4.69) is 14.7 Å². The molecule has 1 saturated heterocycles. The van der Waals surface area contributed by atoms with Crippen molar-refractivity contribution >= 4 is 40.6 Å². The molecule has 44 heavy (non-hydrogen) atoms. The average Bonchev–Trinajstić information content (AvgIpc) is 3.63. The third kappa shape index (κ3) is 5.89. The SMILES string of the molecule is O=C(OC[C@H]1O[C@@H](N2C=NC3C2N=CNS3(=O)=O)[C@H](OC(=O)c2ccccc2)[C@@H]1OC(=O)c1ccccc1)c1ccccc1. The Kier molecular flexibility index (Phi) is 8.09. The fraction of sp³-hybridized carbons (Fsp3) is 0.233. The van der Waals surface area contributed by atoms with E-state index in [0.29, 0.717) is 0 Å². The number of nitrogens with zero attached hydrogens (tertiary/aromatic N) is 3. The van der Waals surface area contributed by atoms with Gasteiger partial charge in [0.1, 0.15) is 12.7 Å². The van der Waals surface area contributed by atoms with Crippen LogP contribution >= 0.6 is 0 Å². The zero-order valence-electron chi connectivity index (χ0n) is 22.9. The summed E-state index contributed by atoms with van der Waals surface area (Å²) in [5.74, 6) is -2.14. The van der Waals surface area contributed by atoms with E-state index in [1.807, 2.05) is 0 Å². The zero-order chi connectivity index (χ0) is 30.7. The number of hydrogen-bond donors (Lipinski definition) is 1. The molecule has 3 heterocycles. The topological polar surface area (TPSA) is 162 Å². The molecule has 0 saturated carbocycles. The first kappa shape index (κ1) is 29.0. The van der Waals surface area contributed by atoms with Gasteiger partial charge in [0.15, 0.2) is 24.6 Å². The van der Waals surface area contributed by atoms with Crippen LogP contribution in [-0.2, 0) is 29.0 Å². The Morgan fingerprint density at radius 2 is 1.27 bits per heavy atom. The Labute approximate surface area is 252 Å². The minimum atomic E-state index is -3.90. The third-order valence-electron chi connectivity index (χ3n) is 7.14. The van der Waals surface area contributed by atoms with Gasteiger partial charge in [-0.3, -0.25) is 4.72 Å². The number of carbonyl (C=O) groups excluding carboxylic acids is 3. The normalized spacial score (nSPS) is 26.3. The maximum absolute atomic E-state index is 13.3. The summed E-state index contributed by atoms with van der Waals surface area (Å²) in [6.45, 7) is -0.390. The van der Waals surface area contributed by atoms with Crippen molar-refractivity contribution in [3.8, 4) is 0 Å². The quantitative estimate of drug-likeness (QED) is 0.292. The minimum Gasteiger partial charge on any atom is -0.459 e. The molecule has 0 bridgehead atoms. The van der Waals surface area contributed by atoms with Crippen molar-refractivity contribution in [2.45, 2.75) is 36.1 Å². The summed E-state index contributed by atoms with van der Waals surface area (Å²) in [4.78, 5) is 49.1. The summed E-state index contributed by atoms with van der Waals surface area (Å²) in [6, 6.07) is 24.6. The van der Waals surface area contributed by atoms with Crippen molar-refractivity contribution in [2.75, 3.05) is 6.61 Å². The van der Waals surface area contributed by atoms with Gasteiger partial charge in [0, 0.05) is 0 Å². The highest BCUT2D eigenvalue weighted by atomic mass is 32.2. The maximum Gasteiger partial charge on any atom is 0.338 e. The predicted octanol–water partition coefficient (Wildman–Crippen LogP) is 1.98. The van der Waals surface area contributed by atoms with E-state index in [-0.39, 0.29) is 16.7 Å². The lowest BCUT2D eigenvalue weighted by Crippen LogP contribution is -2.54. The summed E-state index contributed by atoms with van der Waals surface area (Å²) in [5, 5.41) is -1.30. The number of esters is 3. The minimum absolute atomic E-state index is 0.216. The Bertz CT molecular complexity index is 1690. The smallest absolute Gasteiger partial charge is 0.338 e. The van der Waals surface area contributed by atoms with Crippen molar-refractivity contribution in [1.29, 1.82) is 0 Å². The van der Waals surface area contributed by atoms with Gasteiger partial charge in [-0.1, -0.05) is 54.6 Å². The Balaban J connectivity index is 1.34. The van der Waals surface area contributed by atoms with E-state index in [1.165, 1.54) is 11.2 Å². The van der Waals surface area contributed by atoms with Crippen LogP contribution in [0.25, 0.3) is 0 Å². The number of nitrogens with one attached hydrogen (secondary N) is 1. The maximum atomic E-state index is 13.3. The molecule has 3 aliphatic rings. The van der Waals surface area contributed by atoms with Crippen LogP contribution in [0, 0.1) is 0 Å². The van der Waals surface area contributed by atoms with Crippen molar-refractivity contribution in [3.05, 3.63) is 108 Å². The van der Waals surface area contributed by atoms with Crippen LogP contribution < -0.4 is 4.72 Å². The molecule has 226 valence electrons. The van der Waals surface area contributed by atoms with Crippen LogP contribution in [0.4, 0.5) is 0 Å². The standard InChI is InChI=1S/C30H26N4O9S/c35-28(19-10-4-1-5-11-19)40-16-22-23(42-29(36)20-12-6-2-7-13-20)24(43-30(37)21-14-8-3-9-15-21)27(41-22)34-18-32-26-25(34)31-17-33-44(26,38)39/h1-15,17-18,22-27H,16H2,(H,31,33)/t22-,23-,24-,25?,26?,27-/m1/s1.